The molecule has 0 saturated carbocycles. The predicted molar refractivity (Wildman–Crippen MR) is 72.3 cm³/mol. The first kappa shape index (κ1) is 13.9. The van der Waals surface area contributed by atoms with Crippen LogP contribution >= 0.6 is 11.8 Å². The summed E-state index contributed by atoms with van der Waals surface area (Å²) < 4.78 is 0. The molecule has 2 N–H and O–H groups in total. The molecule has 0 heterocycles. The number of phenolic OH excluding ortho intramolecular Hbond substituents is 1. The zero-order chi connectivity index (χ0) is 14.7. The smallest absolute Gasteiger partial charge is 0.335 e. The molecule has 0 amide bonds. The van der Waals surface area contributed by atoms with Gasteiger partial charge in [-0.05, 0) is 30.3 Å². The molecule has 2 aromatic carbocycles. The summed E-state index contributed by atoms with van der Waals surface area (Å²) in [6.45, 7) is 0. The Morgan fingerprint density at radius 2 is 1.70 bits per heavy atom. The van der Waals surface area contributed by atoms with Gasteiger partial charge in [-0.3, -0.25) is 10.1 Å². The number of nitro benzene ring substituents is 1. The minimum absolute atomic E-state index is 0.181. The molecule has 0 unspecified atom stereocenters. The minimum atomic E-state index is -1.01. The molecule has 0 saturated heterocycles. The standard InChI is InChI=1S/C13H9NO5S/c15-12-7-10(5-6-11(12)14(18)19)20-9-3-1-8(2-4-9)13(16)17/h1-7,15H,(H,16,17). The molecular weight excluding hydrogens is 282 g/mol. The Kier molecular flexibility index (Phi) is 3.90. The highest BCUT2D eigenvalue weighted by Gasteiger charge is 2.13. The quantitative estimate of drug-likeness (QED) is 0.663. The van der Waals surface area contributed by atoms with Gasteiger partial charge in [-0.2, -0.15) is 0 Å². The fourth-order valence-electron chi connectivity index (χ4n) is 1.52. The van der Waals surface area contributed by atoms with E-state index >= 15 is 0 Å². The SMILES string of the molecule is O=C(O)c1ccc(Sc2ccc([N+](=O)[O-])c(O)c2)cc1. The Balaban J connectivity index is 2.19. The molecular formula is C13H9NO5S. The van der Waals surface area contributed by atoms with Crippen molar-refractivity contribution in [3.63, 3.8) is 0 Å². The zero-order valence-corrected chi connectivity index (χ0v) is 10.8. The van der Waals surface area contributed by atoms with Crippen molar-refractivity contribution in [1.82, 2.24) is 0 Å². The summed E-state index contributed by atoms with van der Waals surface area (Å²) >= 11 is 1.27. The molecule has 0 atom stereocenters. The molecule has 0 aliphatic rings. The summed E-state index contributed by atoms with van der Waals surface area (Å²) in [6, 6.07) is 10.2. The number of phenols is 1. The summed E-state index contributed by atoms with van der Waals surface area (Å²) in [6.07, 6.45) is 0. The van der Waals surface area contributed by atoms with Crippen LogP contribution in [0.3, 0.4) is 0 Å². The van der Waals surface area contributed by atoms with Gasteiger partial charge in [-0.15, -0.1) is 0 Å². The maximum absolute atomic E-state index is 10.7. The number of nitrogens with zero attached hydrogens (tertiary/aromatic N) is 1. The Hall–Kier alpha value is -2.54. The lowest BCUT2D eigenvalue weighted by atomic mass is 10.2. The molecule has 7 heteroatoms. The second-order valence-corrected chi connectivity index (χ2v) is 4.99. The molecule has 0 aliphatic heterocycles. The number of aromatic hydroxyl groups is 1. The van der Waals surface area contributed by atoms with E-state index in [1.165, 1.54) is 42.1 Å². The summed E-state index contributed by atoms with van der Waals surface area (Å²) in [4.78, 5) is 22.0. The van der Waals surface area contributed by atoms with Crippen LogP contribution < -0.4 is 0 Å². The maximum atomic E-state index is 10.7. The molecule has 2 rings (SSSR count). The van der Waals surface area contributed by atoms with E-state index in [-0.39, 0.29) is 11.3 Å². The van der Waals surface area contributed by atoms with Gasteiger partial charge in [0.05, 0.1) is 10.5 Å². The monoisotopic (exact) mass is 291 g/mol. The van der Waals surface area contributed by atoms with Crippen LogP contribution in [-0.2, 0) is 0 Å². The van der Waals surface area contributed by atoms with Crippen LogP contribution in [0.1, 0.15) is 10.4 Å². The summed E-state index contributed by atoms with van der Waals surface area (Å²) in [5, 5.41) is 28.9. The van der Waals surface area contributed by atoms with Gasteiger partial charge in [-0.1, -0.05) is 11.8 Å². The van der Waals surface area contributed by atoms with E-state index in [1.807, 2.05) is 0 Å². The second-order valence-electron chi connectivity index (χ2n) is 3.84. The average Bonchev–Trinajstić information content (AvgIpc) is 2.39. The number of hydrogen-bond donors (Lipinski definition) is 2. The van der Waals surface area contributed by atoms with Gasteiger partial charge in [0.15, 0.2) is 5.75 Å². The highest BCUT2D eigenvalue weighted by molar-refractivity contribution is 7.99. The largest absolute Gasteiger partial charge is 0.502 e. The van der Waals surface area contributed by atoms with Crippen LogP contribution in [0.2, 0.25) is 0 Å². The van der Waals surface area contributed by atoms with E-state index in [2.05, 4.69) is 0 Å². The lowest BCUT2D eigenvalue weighted by molar-refractivity contribution is -0.385. The molecule has 0 fully saturated rings. The molecule has 2 aromatic rings. The van der Waals surface area contributed by atoms with Crippen LogP contribution in [-0.4, -0.2) is 21.1 Å². The molecule has 0 aromatic heterocycles. The number of aromatic carboxylic acids is 1. The van der Waals surface area contributed by atoms with Crippen molar-refractivity contribution in [3.8, 4) is 5.75 Å². The first-order valence-electron chi connectivity index (χ1n) is 5.46. The van der Waals surface area contributed by atoms with Crippen molar-refractivity contribution in [2.45, 2.75) is 9.79 Å². The zero-order valence-electron chi connectivity index (χ0n) is 10.0. The third-order valence-corrected chi connectivity index (χ3v) is 3.48. The van der Waals surface area contributed by atoms with Crippen LogP contribution in [0.5, 0.6) is 5.75 Å². The van der Waals surface area contributed by atoms with E-state index < -0.39 is 16.6 Å². The third kappa shape index (κ3) is 3.07. The van der Waals surface area contributed by atoms with Crippen molar-refractivity contribution in [1.29, 1.82) is 0 Å². The molecule has 20 heavy (non-hydrogen) atoms. The van der Waals surface area contributed by atoms with Gasteiger partial charge in [0.25, 0.3) is 0 Å². The van der Waals surface area contributed by atoms with Gasteiger partial charge < -0.3 is 10.2 Å². The van der Waals surface area contributed by atoms with Gasteiger partial charge in [-0.25, -0.2) is 4.79 Å². The van der Waals surface area contributed by atoms with Gasteiger partial charge in [0.1, 0.15) is 0 Å². The second kappa shape index (κ2) is 5.62. The summed E-state index contributed by atoms with van der Waals surface area (Å²) in [5.74, 6) is -1.41. The first-order chi connectivity index (χ1) is 9.47. The number of rotatable bonds is 4. The number of carboxylic acids is 1. The van der Waals surface area contributed by atoms with Crippen molar-refractivity contribution >= 4 is 23.4 Å². The topological polar surface area (TPSA) is 101 Å². The minimum Gasteiger partial charge on any atom is -0.502 e. The molecule has 0 radical (unpaired) electrons. The van der Waals surface area contributed by atoms with Crippen molar-refractivity contribution in [3.05, 3.63) is 58.1 Å². The van der Waals surface area contributed by atoms with Gasteiger partial charge in [0.2, 0.25) is 0 Å². The van der Waals surface area contributed by atoms with Crippen LogP contribution in [0.4, 0.5) is 5.69 Å². The lowest BCUT2D eigenvalue weighted by Crippen LogP contribution is -1.94. The predicted octanol–water partition coefficient (Wildman–Crippen LogP) is 3.15. The third-order valence-electron chi connectivity index (χ3n) is 2.48. The summed E-state index contributed by atoms with van der Waals surface area (Å²) in [5.41, 5.74) is -0.170. The van der Waals surface area contributed by atoms with E-state index in [4.69, 9.17) is 5.11 Å². The highest BCUT2D eigenvalue weighted by Crippen LogP contribution is 2.34. The number of hydrogen-bond acceptors (Lipinski definition) is 5. The molecule has 6 nitrogen and oxygen atoms in total. The van der Waals surface area contributed by atoms with E-state index in [0.29, 0.717) is 4.90 Å². The van der Waals surface area contributed by atoms with E-state index in [0.717, 1.165) is 4.90 Å². The molecule has 0 aliphatic carbocycles. The van der Waals surface area contributed by atoms with Crippen molar-refractivity contribution < 1.29 is 19.9 Å². The molecule has 0 spiro atoms. The number of carbonyl (C=O) groups is 1. The van der Waals surface area contributed by atoms with Crippen LogP contribution in [0.15, 0.2) is 52.3 Å². The Morgan fingerprint density at radius 1 is 1.10 bits per heavy atom. The van der Waals surface area contributed by atoms with Gasteiger partial charge in [0, 0.05) is 21.9 Å². The normalized spacial score (nSPS) is 10.2. The Morgan fingerprint density at radius 3 is 2.20 bits per heavy atom. The van der Waals surface area contributed by atoms with E-state index in [9.17, 15) is 20.0 Å². The molecule has 102 valence electrons. The van der Waals surface area contributed by atoms with Crippen molar-refractivity contribution in [2.24, 2.45) is 0 Å². The maximum Gasteiger partial charge on any atom is 0.335 e. The Bertz CT molecular complexity index is 669. The highest BCUT2D eigenvalue weighted by atomic mass is 32.2. The number of carboxylic acid groups (broad SMARTS) is 1. The lowest BCUT2D eigenvalue weighted by Gasteiger charge is -2.03. The van der Waals surface area contributed by atoms with Crippen LogP contribution in [0.25, 0.3) is 0 Å². The number of benzene rings is 2. The van der Waals surface area contributed by atoms with Crippen LogP contribution in [0, 0.1) is 10.1 Å². The fourth-order valence-corrected chi connectivity index (χ4v) is 2.37. The fraction of sp³-hybridized carbons (Fsp3) is 0. The summed E-state index contributed by atoms with van der Waals surface area (Å²) in [7, 11) is 0. The van der Waals surface area contributed by atoms with E-state index in [1.54, 1.807) is 12.1 Å². The first-order valence-corrected chi connectivity index (χ1v) is 6.27. The van der Waals surface area contributed by atoms with Crippen molar-refractivity contribution in [2.75, 3.05) is 0 Å². The number of nitro groups is 1. The average molecular weight is 291 g/mol. The Labute approximate surface area is 117 Å². The van der Waals surface area contributed by atoms with Gasteiger partial charge >= 0.3 is 11.7 Å². The molecule has 0 bridgehead atoms.